The number of rotatable bonds is 7. The summed E-state index contributed by atoms with van der Waals surface area (Å²) < 4.78 is 5.15. The molecule has 0 saturated heterocycles. The van der Waals surface area contributed by atoms with Crippen LogP contribution in [0.5, 0.6) is 5.75 Å². The molecule has 0 aliphatic rings. The van der Waals surface area contributed by atoms with Crippen LogP contribution in [-0.2, 0) is 12.8 Å². The molecular weight excluding hydrogens is 328 g/mol. The highest BCUT2D eigenvalue weighted by Crippen LogP contribution is 2.11. The quantitative estimate of drug-likeness (QED) is 0.749. The van der Waals surface area contributed by atoms with Gasteiger partial charge >= 0.3 is 0 Å². The van der Waals surface area contributed by atoms with Crippen LogP contribution in [0.4, 0.5) is 0 Å². The molecule has 2 aromatic rings. The predicted molar refractivity (Wildman–Crippen MR) is 100 cm³/mol. The summed E-state index contributed by atoms with van der Waals surface area (Å²) >= 11 is 11.1. The fourth-order valence-corrected chi connectivity index (χ4v) is 2.48. The fourth-order valence-electron chi connectivity index (χ4n) is 2.15. The second-order valence-electron chi connectivity index (χ2n) is 5.16. The van der Waals surface area contributed by atoms with Gasteiger partial charge in [0.1, 0.15) is 5.75 Å². The molecule has 0 unspecified atom stereocenters. The summed E-state index contributed by atoms with van der Waals surface area (Å²) in [5.74, 6) is 0.876. The zero-order valence-electron chi connectivity index (χ0n) is 13.1. The van der Waals surface area contributed by atoms with E-state index in [1.54, 1.807) is 7.11 Å². The molecule has 0 bridgehead atoms. The minimum absolute atomic E-state index is 0.687. The maximum atomic E-state index is 5.87. The van der Waals surface area contributed by atoms with E-state index in [1.165, 1.54) is 11.1 Å². The summed E-state index contributed by atoms with van der Waals surface area (Å²) in [4.78, 5) is 0. The lowest BCUT2D eigenvalue weighted by atomic mass is 10.1. The van der Waals surface area contributed by atoms with Gasteiger partial charge in [-0.15, -0.1) is 0 Å². The molecule has 0 aromatic heterocycles. The molecule has 2 rings (SSSR count). The number of thiocarbonyl (C=S) groups is 1. The van der Waals surface area contributed by atoms with Crippen molar-refractivity contribution in [3.05, 3.63) is 64.7 Å². The molecular formula is C18H21ClN2OS. The van der Waals surface area contributed by atoms with Gasteiger partial charge in [0.25, 0.3) is 0 Å². The number of hydrogen-bond acceptors (Lipinski definition) is 2. The van der Waals surface area contributed by atoms with E-state index in [2.05, 4.69) is 22.8 Å². The van der Waals surface area contributed by atoms with Crippen molar-refractivity contribution in [1.82, 2.24) is 10.6 Å². The molecule has 0 spiro atoms. The number of benzene rings is 2. The van der Waals surface area contributed by atoms with Gasteiger partial charge in [-0.2, -0.15) is 0 Å². The number of methoxy groups -OCH3 is 1. The Hall–Kier alpha value is -1.78. The smallest absolute Gasteiger partial charge is 0.166 e. The van der Waals surface area contributed by atoms with Gasteiger partial charge in [0.05, 0.1) is 7.11 Å². The normalized spacial score (nSPS) is 10.2. The zero-order chi connectivity index (χ0) is 16.5. The number of halogens is 1. The highest BCUT2D eigenvalue weighted by Gasteiger charge is 1.98. The molecule has 0 atom stereocenters. The molecule has 3 nitrogen and oxygen atoms in total. The fraction of sp³-hybridized carbons (Fsp3) is 0.278. The van der Waals surface area contributed by atoms with E-state index in [-0.39, 0.29) is 0 Å². The van der Waals surface area contributed by atoms with Crippen LogP contribution >= 0.6 is 23.8 Å². The number of hydrogen-bond donors (Lipinski definition) is 2. The Morgan fingerprint density at radius 3 is 1.87 bits per heavy atom. The largest absolute Gasteiger partial charge is 0.497 e. The minimum Gasteiger partial charge on any atom is -0.497 e. The summed E-state index contributed by atoms with van der Waals surface area (Å²) in [5.41, 5.74) is 2.49. The summed E-state index contributed by atoms with van der Waals surface area (Å²) in [5, 5.41) is 7.89. The third kappa shape index (κ3) is 6.47. The Kier molecular flexibility index (Phi) is 7.17. The average Bonchev–Trinajstić information content (AvgIpc) is 2.57. The Morgan fingerprint density at radius 1 is 0.913 bits per heavy atom. The molecule has 2 N–H and O–H groups in total. The first-order valence-electron chi connectivity index (χ1n) is 7.56. The maximum absolute atomic E-state index is 5.87. The van der Waals surface area contributed by atoms with E-state index in [9.17, 15) is 0 Å². The van der Waals surface area contributed by atoms with Gasteiger partial charge in [0.15, 0.2) is 5.11 Å². The van der Waals surface area contributed by atoms with Crippen LogP contribution in [0.1, 0.15) is 11.1 Å². The third-order valence-electron chi connectivity index (χ3n) is 3.47. The maximum Gasteiger partial charge on any atom is 0.166 e. The Morgan fingerprint density at radius 2 is 1.39 bits per heavy atom. The van der Waals surface area contributed by atoms with Crippen molar-refractivity contribution in [2.45, 2.75) is 12.8 Å². The molecule has 5 heteroatoms. The van der Waals surface area contributed by atoms with E-state index < -0.39 is 0 Å². The van der Waals surface area contributed by atoms with E-state index in [4.69, 9.17) is 28.6 Å². The van der Waals surface area contributed by atoms with Crippen LogP contribution in [-0.4, -0.2) is 25.3 Å². The molecule has 0 heterocycles. The molecule has 0 saturated carbocycles. The predicted octanol–water partition coefficient (Wildman–Crippen LogP) is 3.60. The molecule has 23 heavy (non-hydrogen) atoms. The van der Waals surface area contributed by atoms with Crippen LogP contribution < -0.4 is 15.4 Å². The van der Waals surface area contributed by atoms with Crippen LogP contribution in [0.15, 0.2) is 48.5 Å². The van der Waals surface area contributed by atoms with Crippen LogP contribution in [0.25, 0.3) is 0 Å². The summed E-state index contributed by atoms with van der Waals surface area (Å²) in [6, 6.07) is 15.9. The third-order valence-corrected chi connectivity index (χ3v) is 4.01. The van der Waals surface area contributed by atoms with E-state index >= 15 is 0 Å². The van der Waals surface area contributed by atoms with Crippen molar-refractivity contribution in [3.63, 3.8) is 0 Å². The van der Waals surface area contributed by atoms with Crippen molar-refractivity contribution in [1.29, 1.82) is 0 Å². The monoisotopic (exact) mass is 348 g/mol. The van der Waals surface area contributed by atoms with E-state index in [0.29, 0.717) is 5.11 Å². The average molecular weight is 349 g/mol. The Bertz CT molecular complexity index is 614. The molecule has 0 aliphatic heterocycles. The van der Waals surface area contributed by atoms with Crippen molar-refractivity contribution < 1.29 is 4.74 Å². The number of ether oxygens (including phenoxy) is 1. The van der Waals surface area contributed by atoms with Gasteiger partial charge in [-0.1, -0.05) is 35.9 Å². The van der Waals surface area contributed by atoms with Gasteiger partial charge in [-0.25, -0.2) is 0 Å². The molecule has 0 fully saturated rings. The SMILES string of the molecule is COc1ccc(CCNC(=S)NCCc2ccc(Cl)cc2)cc1. The van der Waals surface area contributed by atoms with Crippen LogP contribution in [0, 0.1) is 0 Å². The van der Waals surface area contributed by atoms with Crippen LogP contribution in [0.2, 0.25) is 5.02 Å². The molecule has 0 aliphatic carbocycles. The lowest BCUT2D eigenvalue weighted by Gasteiger charge is -2.11. The second kappa shape index (κ2) is 9.38. The highest BCUT2D eigenvalue weighted by atomic mass is 35.5. The standard InChI is InChI=1S/C18H21ClN2OS/c1-22-17-8-4-15(5-9-17)11-13-21-18(23)20-12-10-14-2-6-16(19)7-3-14/h2-9H,10-13H2,1H3,(H2,20,21,23). The molecule has 0 amide bonds. The molecule has 0 radical (unpaired) electrons. The van der Waals surface area contributed by atoms with Gasteiger partial charge in [-0.3, -0.25) is 0 Å². The summed E-state index contributed by atoms with van der Waals surface area (Å²) in [6.07, 6.45) is 1.83. The first kappa shape index (κ1) is 17.6. The first-order valence-corrected chi connectivity index (χ1v) is 8.35. The van der Waals surface area contributed by atoms with Crippen molar-refractivity contribution >= 4 is 28.9 Å². The first-order chi connectivity index (χ1) is 11.2. The Balaban J connectivity index is 1.62. The minimum atomic E-state index is 0.687. The number of nitrogens with one attached hydrogen (secondary N) is 2. The molecule has 2 aromatic carbocycles. The van der Waals surface area contributed by atoms with Gasteiger partial charge in [0, 0.05) is 18.1 Å². The van der Waals surface area contributed by atoms with Crippen molar-refractivity contribution in [2.24, 2.45) is 0 Å². The lowest BCUT2D eigenvalue weighted by Crippen LogP contribution is -2.37. The van der Waals surface area contributed by atoms with E-state index in [1.807, 2.05) is 36.4 Å². The lowest BCUT2D eigenvalue weighted by molar-refractivity contribution is 0.414. The summed E-state index contributed by atoms with van der Waals surface area (Å²) in [6.45, 7) is 1.61. The second-order valence-corrected chi connectivity index (χ2v) is 6.00. The Labute approximate surface area is 148 Å². The van der Waals surface area contributed by atoms with Crippen LogP contribution in [0.3, 0.4) is 0 Å². The molecule has 122 valence electrons. The zero-order valence-corrected chi connectivity index (χ0v) is 14.7. The van der Waals surface area contributed by atoms with Gasteiger partial charge in [0.2, 0.25) is 0 Å². The topological polar surface area (TPSA) is 33.3 Å². The van der Waals surface area contributed by atoms with Gasteiger partial charge < -0.3 is 15.4 Å². The van der Waals surface area contributed by atoms with Crippen molar-refractivity contribution in [2.75, 3.05) is 20.2 Å². The summed E-state index contributed by atoms with van der Waals surface area (Å²) in [7, 11) is 1.67. The van der Waals surface area contributed by atoms with Crippen molar-refractivity contribution in [3.8, 4) is 5.75 Å². The van der Waals surface area contributed by atoms with E-state index in [0.717, 1.165) is 36.7 Å². The van der Waals surface area contributed by atoms with Gasteiger partial charge in [-0.05, 0) is 60.5 Å². The highest BCUT2D eigenvalue weighted by molar-refractivity contribution is 7.80.